The molecule has 0 aliphatic carbocycles. The molecule has 0 saturated heterocycles. The summed E-state index contributed by atoms with van der Waals surface area (Å²) in [5, 5.41) is 12.7. The first kappa shape index (κ1) is 13.9. The first-order valence-electron chi connectivity index (χ1n) is 5.57. The van der Waals surface area contributed by atoms with E-state index in [1.165, 1.54) is 0 Å². The number of hydrogen-bond acceptors (Lipinski definition) is 2. The number of nitrogens with one attached hydrogen (secondary N) is 1. The van der Waals surface area contributed by atoms with Gasteiger partial charge in [-0.3, -0.25) is 0 Å². The van der Waals surface area contributed by atoms with Gasteiger partial charge in [0, 0.05) is 21.7 Å². The number of anilines is 1. The van der Waals surface area contributed by atoms with Gasteiger partial charge in [0.25, 0.3) is 0 Å². The summed E-state index contributed by atoms with van der Waals surface area (Å²) in [6.45, 7) is 0.629. The van der Waals surface area contributed by atoms with Crippen molar-refractivity contribution < 1.29 is 9.90 Å². The maximum absolute atomic E-state index is 10.7. The van der Waals surface area contributed by atoms with E-state index in [4.69, 9.17) is 16.7 Å². The number of rotatable bonds is 4. The van der Waals surface area contributed by atoms with Gasteiger partial charge in [-0.15, -0.1) is 0 Å². The standard InChI is InChI=1S/C14H11BrClNO2/c15-13-7-11(16)4-1-10(13)8-17-12-5-2-9(3-6-12)14(18)19/h1-7,17H,8H2,(H,18,19). The normalized spacial score (nSPS) is 10.2. The third-order valence-corrected chi connectivity index (χ3v) is 3.60. The van der Waals surface area contributed by atoms with Crippen molar-refractivity contribution in [2.24, 2.45) is 0 Å². The zero-order chi connectivity index (χ0) is 13.8. The molecule has 2 rings (SSSR count). The molecular formula is C14H11BrClNO2. The van der Waals surface area contributed by atoms with Crippen LogP contribution in [0.15, 0.2) is 46.9 Å². The molecule has 2 aromatic carbocycles. The Labute approximate surface area is 124 Å². The van der Waals surface area contributed by atoms with Crippen LogP contribution >= 0.6 is 27.5 Å². The van der Waals surface area contributed by atoms with Crippen molar-refractivity contribution >= 4 is 39.2 Å². The molecule has 5 heteroatoms. The largest absolute Gasteiger partial charge is 0.478 e. The average Bonchev–Trinajstić information content (AvgIpc) is 2.38. The number of benzene rings is 2. The summed E-state index contributed by atoms with van der Waals surface area (Å²) < 4.78 is 0.939. The van der Waals surface area contributed by atoms with Crippen LogP contribution in [0.1, 0.15) is 15.9 Å². The second kappa shape index (κ2) is 6.08. The molecule has 0 bridgehead atoms. The molecule has 2 aromatic rings. The number of hydrogen-bond donors (Lipinski definition) is 2. The fourth-order valence-electron chi connectivity index (χ4n) is 1.59. The van der Waals surface area contributed by atoms with Gasteiger partial charge in [0.05, 0.1) is 5.56 Å². The molecule has 0 aliphatic heterocycles. The van der Waals surface area contributed by atoms with E-state index >= 15 is 0 Å². The fraction of sp³-hybridized carbons (Fsp3) is 0.0714. The Morgan fingerprint density at radius 3 is 2.47 bits per heavy atom. The highest BCUT2D eigenvalue weighted by Gasteiger charge is 2.03. The highest BCUT2D eigenvalue weighted by molar-refractivity contribution is 9.10. The van der Waals surface area contributed by atoms with E-state index in [-0.39, 0.29) is 5.56 Å². The highest BCUT2D eigenvalue weighted by atomic mass is 79.9. The van der Waals surface area contributed by atoms with Crippen LogP contribution in [0.3, 0.4) is 0 Å². The molecule has 0 aromatic heterocycles. The van der Waals surface area contributed by atoms with E-state index in [1.807, 2.05) is 18.2 Å². The third-order valence-electron chi connectivity index (χ3n) is 2.63. The lowest BCUT2D eigenvalue weighted by molar-refractivity contribution is 0.0697. The van der Waals surface area contributed by atoms with E-state index in [2.05, 4.69) is 21.2 Å². The molecule has 0 aliphatic rings. The predicted molar refractivity (Wildman–Crippen MR) is 79.9 cm³/mol. The molecule has 0 amide bonds. The smallest absolute Gasteiger partial charge is 0.335 e. The van der Waals surface area contributed by atoms with Crippen LogP contribution in [0.2, 0.25) is 5.02 Å². The summed E-state index contributed by atoms with van der Waals surface area (Å²) in [6, 6.07) is 12.2. The van der Waals surface area contributed by atoms with Crippen molar-refractivity contribution in [1.82, 2.24) is 0 Å². The van der Waals surface area contributed by atoms with E-state index in [0.717, 1.165) is 15.7 Å². The van der Waals surface area contributed by atoms with Gasteiger partial charge in [-0.1, -0.05) is 33.6 Å². The third kappa shape index (κ3) is 3.72. The Kier molecular flexibility index (Phi) is 4.45. The molecule has 0 unspecified atom stereocenters. The Morgan fingerprint density at radius 1 is 1.21 bits per heavy atom. The molecular weight excluding hydrogens is 330 g/mol. The minimum absolute atomic E-state index is 0.276. The van der Waals surface area contributed by atoms with Crippen molar-refractivity contribution in [1.29, 1.82) is 0 Å². The SMILES string of the molecule is O=C(O)c1ccc(NCc2ccc(Cl)cc2Br)cc1. The van der Waals surface area contributed by atoms with E-state index in [1.54, 1.807) is 24.3 Å². The minimum Gasteiger partial charge on any atom is -0.478 e. The van der Waals surface area contributed by atoms with Gasteiger partial charge in [0.1, 0.15) is 0 Å². The molecule has 3 nitrogen and oxygen atoms in total. The van der Waals surface area contributed by atoms with Crippen molar-refractivity contribution in [3.63, 3.8) is 0 Å². The van der Waals surface area contributed by atoms with Crippen LogP contribution in [-0.4, -0.2) is 11.1 Å². The Bertz CT molecular complexity index is 599. The van der Waals surface area contributed by atoms with Gasteiger partial charge >= 0.3 is 5.97 Å². The Balaban J connectivity index is 2.04. The summed E-state index contributed by atoms with van der Waals surface area (Å²) in [5.41, 5.74) is 2.22. The quantitative estimate of drug-likeness (QED) is 0.866. The fourth-order valence-corrected chi connectivity index (χ4v) is 2.42. The first-order valence-corrected chi connectivity index (χ1v) is 6.74. The molecule has 0 saturated carbocycles. The highest BCUT2D eigenvalue weighted by Crippen LogP contribution is 2.22. The number of carboxylic acid groups (broad SMARTS) is 1. The summed E-state index contributed by atoms with van der Waals surface area (Å²) in [4.78, 5) is 10.7. The van der Waals surface area contributed by atoms with Crippen molar-refractivity contribution in [3.05, 3.63) is 63.1 Å². The van der Waals surface area contributed by atoms with Crippen LogP contribution in [0.4, 0.5) is 5.69 Å². The Hall–Kier alpha value is -1.52. The van der Waals surface area contributed by atoms with Gasteiger partial charge in [-0.2, -0.15) is 0 Å². The first-order chi connectivity index (χ1) is 9.06. The van der Waals surface area contributed by atoms with Gasteiger partial charge in [0.2, 0.25) is 0 Å². The van der Waals surface area contributed by atoms with Crippen LogP contribution in [0.5, 0.6) is 0 Å². The van der Waals surface area contributed by atoms with E-state index in [9.17, 15) is 4.79 Å². The molecule has 0 atom stereocenters. The van der Waals surface area contributed by atoms with E-state index in [0.29, 0.717) is 11.6 Å². The number of halogens is 2. The van der Waals surface area contributed by atoms with Gasteiger partial charge in [-0.25, -0.2) is 4.79 Å². The van der Waals surface area contributed by atoms with Crippen LogP contribution in [-0.2, 0) is 6.54 Å². The predicted octanol–water partition coefficient (Wildman–Crippen LogP) is 4.41. The van der Waals surface area contributed by atoms with Crippen LogP contribution in [0, 0.1) is 0 Å². The molecule has 0 fully saturated rings. The lowest BCUT2D eigenvalue weighted by Gasteiger charge is -2.08. The van der Waals surface area contributed by atoms with E-state index < -0.39 is 5.97 Å². The van der Waals surface area contributed by atoms with Crippen molar-refractivity contribution in [3.8, 4) is 0 Å². The zero-order valence-electron chi connectivity index (χ0n) is 9.86. The minimum atomic E-state index is -0.924. The second-order valence-electron chi connectivity index (χ2n) is 3.97. The molecule has 0 radical (unpaired) electrons. The number of aromatic carboxylic acids is 1. The van der Waals surface area contributed by atoms with Crippen molar-refractivity contribution in [2.45, 2.75) is 6.54 Å². The topological polar surface area (TPSA) is 49.3 Å². The lowest BCUT2D eigenvalue weighted by Crippen LogP contribution is -2.01. The summed E-state index contributed by atoms with van der Waals surface area (Å²) in [6.07, 6.45) is 0. The van der Waals surface area contributed by atoms with Crippen LogP contribution in [0.25, 0.3) is 0 Å². The lowest BCUT2D eigenvalue weighted by atomic mass is 10.2. The zero-order valence-corrected chi connectivity index (χ0v) is 12.2. The summed E-state index contributed by atoms with van der Waals surface area (Å²) in [7, 11) is 0. The number of carbonyl (C=O) groups is 1. The molecule has 0 heterocycles. The van der Waals surface area contributed by atoms with Crippen molar-refractivity contribution in [2.75, 3.05) is 5.32 Å². The monoisotopic (exact) mass is 339 g/mol. The Morgan fingerprint density at radius 2 is 1.89 bits per heavy atom. The average molecular weight is 341 g/mol. The number of carboxylic acids is 1. The van der Waals surface area contributed by atoms with Gasteiger partial charge in [0.15, 0.2) is 0 Å². The molecule has 19 heavy (non-hydrogen) atoms. The maximum Gasteiger partial charge on any atom is 0.335 e. The second-order valence-corrected chi connectivity index (χ2v) is 5.26. The van der Waals surface area contributed by atoms with Gasteiger partial charge < -0.3 is 10.4 Å². The summed E-state index contributed by atoms with van der Waals surface area (Å²) >= 11 is 9.32. The maximum atomic E-state index is 10.7. The van der Waals surface area contributed by atoms with Crippen LogP contribution < -0.4 is 5.32 Å². The molecule has 98 valence electrons. The summed E-state index contributed by atoms with van der Waals surface area (Å²) in [5.74, 6) is -0.924. The van der Waals surface area contributed by atoms with Gasteiger partial charge in [-0.05, 0) is 42.0 Å². The molecule has 0 spiro atoms. The molecule has 2 N–H and O–H groups in total.